The Kier molecular flexibility index (Phi) is 3.14. The van der Waals surface area contributed by atoms with Crippen LogP contribution in [0.1, 0.15) is 23.2 Å². The van der Waals surface area contributed by atoms with Gasteiger partial charge in [0.25, 0.3) is 0 Å². The lowest BCUT2D eigenvalue weighted by Gasteiger charge is -2.19. The number of hydrogen-bond acceptors (Lipinski definition) is 5. The molecular formula is C14H18N2O3. The number of carbonyl (C=O) groups is 1. The van der Waals surface area contributed by atoms with Crippen LogP contribution in [0.15, 0.2) is 18.3 Å². The van der Waals surface area contributed by atoms with Crippen molar-refractivity contribution in [2.75, 3.05) is 25.1 Å². The molecule has 2 heterocycles. The molecule has 102 valence electrons. The fourth-order valence-electron chi connectivity index (χ4n) is 3.26. The predicted molar refractivity (Wildman–Crippen MR) is 70.0 cm³/mol. The highest BCUT2D eigenvalue weighted by atomic mass is 16.5. The smallest absolute Gasteiger partial charge is 0.338 e. The number of esters is 1. The first-order valence-electron chi connectivity index (χ1n) is 6.66. The van der Waals surface area contributed by atoms with Crippen molar-refractivity contribution in [1.82, 2.24) is 4.98 Å². The Labute approximate surface area is 112 Å². The number of pyridine rings is 1. The first-order chi connectivity index (χ1) is 9.19. The molecule has 0 aromatic carbocycles. The van der Waals surface area contributed by atoms with Gasteiger partial charge >= 0.3 is 5.97 Å². The van der Waals surface area contributed by atoms with Crippen molar-refractivity contribution in [3.63, 3.8) is 0 Å². The highest BCUT2D eigenvalue weighted by Crippen LogP contribution is 2.39. The fraction of sp³-hybridized carbons (Fsp3) is 0.571. The van der Waals surface area contributed by atoms with Crippen LogP contribution in [-0.2, 0) is 4.74 Å². The Bertz CT molecular complexity index is 491. The predicted octanol–water partition coefficient (Wildman–Crippen LogP) is 1.08. The van der Waals surface area contributed by atoms with E-state index >= 15 is 0 Å². The van der Waals surface area contributed by atoms with E-state index in [2.05, 4.69) is 9.88 Å². The number of nitrogens with zero attached hydrogens (tertiary/aromatic N) is 2. The summed E-state index contributed by atoms with van der Waals surface area (Å²) in [5, 5.41) is 9.92. The third-order valence-corrected chi connectivity index (χ3v) is 4.31. The first kappa shape index (κ1) is 12.4. The van der Waals surface area contributed by atoms with Crippen molar-refractivity contribution in [2.45, 2.75) is 18.9 Å². The standard InChI is InChI=1S/C14H18N2O3/c1-19-14(18)9-4-5-15-13(6-9)16-7-10-2-3-12(17)11(10)8-16/h4-6,10-12,17H,2-3,7-8H2,1H3. The summed E-state index contributed by atoms with van der Waals surface area (Å²) in [7, 11) is 1.37. The maximum Gasteiger partial charge on any atom is 0.338 e. The van der Waals surface area contributed by atoms with Crippen molar-refractivity contribution < 1.29 is 14.6 Å². The maximum absolute atomic E-state index is 11.5. The molecule has 3 rings (SSSR count). The number of carbonyl (C=O) groups excluding carboxylic acids is 1. The van der Waals surface area contributed by atoms with E-state index < -0.39 is 0 Å². The van der Waals surface area contributed by atoms with E-state index in [1.165, 1.54) is 7.11 Å². The Morgan fingerprint density at radius 3 is 3.05 bits per heavy atom. The molecule has 1 saturated heterocycles. The average Bonchev–Trinajstić information content (AvgIpc) is 3.01. The molecule has 0 bridgehead atoms. The van der Waals surface area contributed by atoms with Crippen molar-refractivity contribution >= 4 is 11.8 Å². The van der Waals surface area contributed by atoms with E-state index in [9.17, 15) is 9.90 Å². The van der Waals surface area contributed by atoms with Gasteiger partial charge in [-0.2, -0.15) is 0 Å². The second-order valence-electron chi connectivity index (χ2n) is 5.37. The van der Waals surface area contributed by atoms with Crippen molar-refractivity contribution in [3.05, 3.63) is 23.9 Å². The fourth-order valence-corrected chi connectivity index (χ4v) is 3.26. The number of methoxy groups -OCH3 is 1. The summed E-state index contributed by atoms with van der Waals surface area (Å²) < 4.78 is 4.72. The second kappa shape index (κ2) is 4.81. The summed E-state index contributed by atoms with van der Waals surface area (Å²) in [5.74, 6) is 1.36. The molecule has 1 aliphatic heterocycles. The topological polar surface area (TPSA) is 62.7 Å². The lowest BCUT2D eigenvalue weighted by atomic mass is 10.00. The van der Waals surface area contributed by atoms with Crippen LogP contribution in [0, 0.1) is 11.8 Å². The minimum atomic E-state index is -0.344. The highest BCUT2D eigenvalue weighted by molar-refractivity contribution is 5.90. The van der Waals surface area contributed by atoms with Crippen LogP contribution in [0.5, 0.6) is 0 Å². The Balaban J connectivity index is 1.78. The molecule has 1 aromatic heterocycles. The van der Waals surface area contributed by atoms with Gasteiger partial charge < -0.3 is 14.7 Å². The van der Waals surface area contributed by atoms with Gasteiger partial charge in [-0.3, -0.25) is 0 Å². The third-order valence-electron chi connectivity index (χ3n) is 4.31. The van der Waals surface area contributed by atoms with Crippen LogP contribution < -0.4 is 4.90 Å². The summed E-state index contributed by atoms with van der Waals surface area (Å²) >= 11 is 0. The molecule has 1 aliphatic carbocycles. The van der Waals surface area contributed by atoms with E-state index in [1.54, 1.807) is 18.3 Å². The molecule has 19 heavy (non-hydrogen) atoms. The number of aliphatic hydroxyl groups excluding tert-OH is 1. The molecule has 2 fully saturated rings. The number of hydrogen-bond donors (Lipinski definition) is 1. The van der Waals surface area contributed by atoms with Gasteiger partial charge in [0.1, 0.15) is 5.82 Å². The molecule has 3 atom stereocenters. The summed E-state index contributed by atoms with van der Waals surface area (Å²) in [6.07, 6.45) is 3.45. The molecule has 1 aromatic rings. The van der Waals surface area contributed by atoms with Crippen LogP contribution in [0.2, 0.25) is 0 Å². The third kappa shape index (κ3) is 2.18. The summed E-state index contributed by atoms with van der Waals surface area (Å²) in [6.45, 7) is 1.74. The van der Waals surface area contributed by atoms with Gasteiger partial charge in [-0.25, -0.2) is 9.78 Å². The molecule has 3 unspecified atom stereocenters. The van der Waals surface area contributed by atoms with E-state index in [1.807, 2.05) is 0 Å². The molecular weight excluding hydrogens is 244 g/mol. The Morgan fingerprint density at radius 2 is 2.32 bits per heavy atom. The van der Waals surface area contributed by atoms with Crippen LogP contribution in [0.3, 0.4) is 0 Å². The van der Waals surface area contributed by atoms with Gasteiger partial charge in [0.05, 0.1) is 18.8 Å². The number of aromatic nitrogens is 1. The van der Waals surface area contributed by atoms with Gasteiger partial charge in [0.15, 0.2) is 0 Å². The van der Waals surface area contributed by atoms with Crippen molar-refractivity contribution in [3.8, 4) is 0 Å². The zero-order valence-corrected chi connectivity index (χ0v) is 11.0. The minimum Gasteiger partial charge on any atom is -0.465 e. The molecule has 5 heteroatoms. The highest BCUT2D eigenvalue weighted by Gasteiger charge is 2.42. The number of fused-ring (bicyclic) bond motifs is 1. The van der Waals surface area contributed by atoms with E-state index in [-0.39, 0.29) is 12.1 Å². The monoisotopic (exact) mass is 262 g/mol. The maximum atomic E-state index is 11.5. The summed E-state index contributed by atoms with van der Waals surface area (Å²) in [5.41, 5.74) is 0.519. The molecule has 0 radical (unpaired) electrons. The molecule has 0 amide bonds. The van der Waals surface area contributed by atoms with Gasteiger partial charge in [-0.15, -0.1) is 0 Å². The van der Waals surface area contributed by atoms with Gasteiger partial charge in [0.2, 0.25) is 0 Å². The number of rotatable bonds is 2. The van der Waals surface area contributed by atoms with Crippen molar-refractivity contribution in [2.24, 2.45) is 11.8 Å². The number of anilines is 1. The largest absolute Gasteiger partial charge is 0.465 e. The zero-order chi connectivity index (χ0) is 13.4. The zero-order valence-electron chi connectivity index (χ0n) is 11.0. The Morgan fingerprint density at radius 1 is 1.47 bits per heavy atom. The number of aliphatic hydroxyl groups is 1. The molecule has 2 aliphatic rings. The van der Waals surface area contributed by atoms with Crippen LogP contribution in [0.4, 0.5) is 5.82 Å². The van der Waals surface area contributed by atoms with E-state index in [4.69, 9.17) is 4.74 Å². The lowest BCUT2D eigenvalue weighted by Crippen LogP contribution is -2.25. The van der Waals surface area contributed by atoms with E-state index in [0.29, 0.717) is 17.4 Å². The first-order valence-corrected chi connectivity index (χ1v) is 6.66. The summed E-state index contributed by atoms with van der Waals surface area (Å²) in [4.78, 5) is 18.0. The van der Waals surface area contributed by atoms with Gasteiger partial charge in [-0.1, -0.05) is 0 Å². The number of ether oxygens (including phenoxy) is 1. The molecule has 5 nitrogen and oxygen atoms in total. The van der Waals surface area contributed by atoms with Crippen LogP contribution in [0.25, 0.3) is 0 Å². The van der Waals surface area contributed by atoms with E-state index in [0.717, 1.165) is 31.7 Å². The van der Waals surface area contributed by atoms with Crippen LogP contribution >= 0.6 is 0 Å². The normalized spacial score (nSPS) is 29.4. The lowest BCUT2D eigenvalue weighted by molar-refractivity contribution is 0.0600. The molecule has 1 saturated carbocycles. The molecule has 0 spiro atoms. The molecule has 1 N–H and O–H groups in total. The average molecular weight is 262 g/mol. The Hall–Kier alpha value is -1.62. The SMILES string of the molecule is COC(=O)c1ccnc(N2CC3CCC(O)C3C2)c1. The van der Waals surface area contributed by atoms with Gasteiger partial charge in [0, 0.05) is 25.2 Å². The van der Waals surface area contributed by atoms with Crippen LogP contribution in [-0.4, -0.2) is 42.4 Å². The summed E-state index contributed by atoms with van der Waals surface area (Å²) in [6, 6.07) is 3.42. The second-order valence-corrected chi connectivity index (χ2v) is 5.37. The van der Waals surface area contributed by atoms with Crippen molar-refractivity contribution in [1.29, 1.82) is 0 Å². The quantitative estimate of drug-likeness (QED) is 0.808. The van der Waals surface area contributed by atoms with Gasteiger partial charge in [-0.05, 0) is 30.9 Å². The minimum absolute atomic E-state index is 0.182.